The maximum absolute atomic E-state index is 14.4. The molecule has 0 saturated carbocycles. The van der Waals surface area contributed by atoms with Gasteiger partial charge in [-0.1, -0.05) is 61.5 Å². The van der Waals surface area contributed by atoms with Crippen LogP contribution in [0.1, 0.15) is 90.9 Å². The zero-order chi connectivity index (χ0) is 44.8. The van der Waals surface area contributed by atoms with E-state index in [4.69, 9.17) is 4.52 Å². The largest absolute Gasteiger partial charge is 0.507 e. The summed E-state index contributed by atoms with van der Waals surface area (Å²) in [7, 11) is 0. The standard InChI is InChI=1S/C50H53N7O5S2/c1-27(2)45(50(61)57-25-36(58)22-42(57)48(60)52-30(5)32-11-13-33(14-12-32)47-31(6)51-26-63-47)44-24-39(55-62-44)35-15-16-41(28(3)21-35)56-19-17-34(18-20-56)46-29(4)38-23-40(53-54-49(38)64-46)37-9-7-8-10-43(37)59/h7-16,21,23-24,26-27,30,34,36,42,45,58-59H,17-20,22,25H2,1-6H3,(H,52,60)/t30?,36-,42+,45?/m1/s1. The molecule has 7 aromatic rings. The zero-order valence-corrected chi connectivity index (χ0v) is 38.5. The van der Waals surface area contributed by atoms with Crippen LogP contribution < -0.4 is 10.2 Å². The Morgan fingerprint density at radius 3 is 2.36 bits per heavy atom. The van der Waals surface area contributed by atoms with Crippen LogP contribution in [-0.4, -0.2) is 79.0 Å². The number of thiophene rings is 1. The number of aromatic hydroxyl groups is 1. The number of anilines is 1. The number of aryl methyl sites for hydroxylation is 3. The summed E-state index contributed by atoms with van der Waals surface area (Å²) in [6, 6.07) is 24.4. The summed E-state index contributed by atoms with van der Waals surface area (Å²) in [5.41, 5.74) is 11.3. The fraction of sp³-hybridized carbons (Fsp3) is 0.360. The molecular formula is C50H53N7O5S2. The number of phenols is 1. The summed E-state index contributed by atoms with van der Waals surface area (Å²) in [5, 5.41) is 38.8. The number of fused-ring (bicyclic) bond motifs is 1. The van der Waals surface area contributed by atoms with Gasteiger partial charge < -0.3 is 29.9 Å². The van der Waals surface area contributed by atoms with Crippen molar-refractivity contribution >= 4 is 50.4 Å². The smallest absolute Gasteiger partial charge is 0.243 e. The third-order valence-electron chi connectivity index (χ3n) is 13.0. The molecular weight excluding hydrogens is 843 g/mol. The number of aliphatic hydroxyl groups is 1. The number of thiazole rings is 1. The van der Waals surface area contributed by atoms with Gasteiger partial charge in [-0.05, 0) is 105 Å². The number of carbonyl (C=O) groups excluding carboxylic acids is 2. The lowest BCUT2D eigenvalue weighted by atomic mass is 9.90. The van der Waals surface area contributed by atoms with Gasteiger partial charge in [0.25, 0.3) is 0 Å². The van der Waals surface area contributed by atoms with Crippen LogP contribution in [0.5, 0.6) is 5.75 Å². The van der Waals surface area contributed by atoms with Crippen molar-refractivity contribution in [2.75, 3.05) is 24.5 Å². The third-order valence-corrected chi connectivity index (χ3v) is 15.4. The summed E-state index contributed by atoms with van der Waals surface area (Å²) in [6.45, 7) is 14.0. The maximum atomic E-state index is 14.4. The van der Waals surface area contributed by atoms with E-state index in [0.717, 1.165) is 69.0 Å². The quantitative estimate of drug-likeness (QED) is 0.114. The Morgan fingerprint density at radius 2 is 1.66 bits per heavy atom. The van der Waals surface area contributed by atoms with Gasteiger partial charge in [-0.3, -0.25) is 9.59 Å². The number of aliphatic hydroxyl groups excluding tert-OH is 1. The van der Waals surface area contributed by atoms with Crippen molar-refractivity contribution in [3.8, 4) is 38.7 Å². The van der Waals surface area contributed by atoms with Crippen LogP contribution in [0.2, 0.25) is 0 Å². The number of rotatable bonds is 11. The number of nitrogens with zero attached hydrogens (tertiary/aromatic N) is 6. The van der Waals surface area contributed by atoms with E-state index < -0.39 is 18.1 Å². The second kappa shape index (κ2) is 17.9. The van der Waals surface area contributed by atoms with Gasteiger partial charge >= 0.3 is 0 Å². The van der Waals surface area contributed by atoms with Gasteiger partial charge in [-0.25, -0.2) is 4.98 Å². The first-order valence-corrected chi connectivity index (χ1v) is 23.7. The predicted octanol–water partition coefficient (Wildman–Crippen LogP) is 9.73. The molecule has 12 nitrogen and oxygen atoms in total. The molecule has 4 aromatic heterocycles. The van der Waals surface area contributed by atoms with Crippen LogP contribution in [0.15, 0.2) is 88.9 Å². The van der Waals surface area contributed by atoms with Crippen LogP contribution in [0.25, 0.3) is 43.2 Å². The van der Waals surface area contributed by atoms with E-state index in [1.165, 1.54) is 21.0 Å². The van der Waals surface area contributed by atoms with Gasteiger partial charge in [0, 0.05) is 59.2 Å². The fourth-order valence-electron chi connectivity index (χ4n) is 9.49. The lowest BCUT2D eigenvalue weighted by Crippen LogP contribution is -2.48. The minimum atomic E-state index is -0.819. The normalized spacial score (nSPS) is 17.9. The maximum Gasteiger partial charge on any atom is 0.243 e. The van der Waals surface area contributed by atoms with E-state index in [1.54, 1.807) is 34.8 Å². The van der Waals surface area contributed by atoms with Crippen LogP contribution >= 0.6 is 22.7 Å². The Bertz CT molecular complexity index is 2820. The number of likely N-dealkylation sites (tertiary alicyclic amines) is 1. The first kappa shape index (κ1) is 43.3. The molecule has 2 saturated heterocycles. The molecule has 2 aliphatic heterocycles. The number of nitrogens with one attached hydrogen (secondary N) is 1. The Kier molecular flexibility index (Phi) is 12.1. The van der Waals surface area contributed by atoms with Crippen molar-refractivity contribution in [1.29, 1.82) is 0 Å². The number of benzene rings is 3. The molecule has 9 rings (SSSR count). The molecule has 2 amide bonds. The Hall–Kier alpha value is -5.96. The highest BCUT2D eigenvalue weighted by Crippen LogP contribution is 2.42. The monoisotopic (exact) mass is 895 g/mol. The van der Waals surface area contributed by atoms with Crippen LogP contribution in [0.3, 0.4) is 0 Å². The number of hydrogen-bond acceptors (Lipinski definition) is 12. The number of phenolic OH excluding ortho intramolecular Hbond substituents is 1. The molecule has 6 heterocycles. The highest BCUT2D eigenvalue weighted by atomic mass is 32.1. The lowest BCUT2D eigenvalue weighted by molar-refractivity contribution is -0.141. The van der Waals surface area contributed by atoms with E-state index in [2.05, 4.69) is 68.7 Å². The number of carbonyl (C=O) groups is 2. The average molecular weight is 896 g/mol. The molecule has 64 heavy (non-hydrogen) atoms. The van der Waals surface area contributed by atoms with Crippen molar-refractivity contribution < 1.29 is 24.3 Å². The minimum absolute atomic E-state index is 0.0659. The Labute approximate surface area is 381 Å². The molecule has 3 aromatic carbocycles. The highest BCUT2D eigenvalue weighted by Gasteiger charge is 2.43. The van der Waals surface area contributed by atoms with Gasteiger partial charge in [0.05, 0.1) is 33.9 Å². The van der Waals surface area contributed by atoms with E-state index in [9.17, 15) is 19.8 Å². The molecule has 330 valence electrons. The number of hydrogen-bond donors (Lipinski definition) is 3. The topological polar surface area (TPSA) is 158 Å². The Morgan fingerprint density at radius 1 is 0.906 bits per heavy atom. The van der Waals surface area contributed by atoms with Crippen LogP contribution in [0.4, 0.5) is 5.69 Å². The average Bonchev–Trinajstić information content (AvgIpc) is 4.11. The molecule has 14 heteroatoms. The molecule has 3 N–H and O–H groups in total. The first-order valence-electron chi connectivity index (χ1n) is 22.0. The lowest BCUT2D eigenvalue weighted by Gasteiger charge is -2.34. The van der Waals surface area contributed by atoms with E-state index in [0.29, 0.717) is 28.6 Å². The Balaban J connectivity index is 0.847. The molecule has 4 atom stereocenters. The molecule has 2 unspecified atom stereocenters. The van der Waals surface area contributed by atoms with Gasteiger partial charge in [0.15, 0.2) is 0 Å². The van der Waals surface area contributed by atoms with Crippen molar-refractivity contribution in [3.05, 3.63) is 117 Å². The minimum Gasteiger partial charge on any atom is -0.507 e. The van der Waals surface area contributed by atoms with E-state index in [1.807, 2.05) is 75.7 Å². The predicted molar refractivity (Wildman–Crippen MR) is 253 cm³/mol. The zero-order valence-electron chi connectivity index (χ0n) is 36.9. The molecule has 0 radical (unpaired) electrons. The summed E-state index contributed by atoms with van der Waals surface area (Å²) in [6.07, 6.45) is 1.38. The number of para-hydroxylation sites is 1. The molecule has 0 spiro atoms. The number of β-amino-alcohol motifs (C(OH)–C–C–N with tert-alkyl or cyclic N) is 1. The van der Waals surface area contributed by atoms with Crippen molar-refractivity contribution in [3.63, 3.8) is 0 Å². The van der Waals surface area contributed by atoms with E-state index >= 15 is 0 Å². The van der Waals surface area contributed by atoms with Gasteiger partial charge in [0.1, 0.15) is 34.0 Å². The second-order valence-electron chi connectivity index (χ2n) is 17.7. The summed E-state index contributed by atoms with van der Waals surface area (Å²) in [5.74, 6) is -0.370. The molecule has 2 fully saturated rings. The molecule has 0 bridgehead atoms. The second-order valence-corrected chi connectivity index (χ2v) is 19.6. The summed E-state index contributed by atoms with van der Waals surface area (Å²) in [4.78, 5) is 39.9. The van der Waals surface area contributed by atoms with Crippen molar-refractivity contribution in [2.24, 2.45) is 5.92 Å². The van der Waals surface area contributed by atoms with Crippen molar-refractivity contribution in [2.45, 2.75) is 90.8 Å². The summed E-state index contributed by atoms with van der Waals surface area (Å²) < 4.78 is 5.93. The fourth-order valence-corrected chi connectivity index (χ4v) is 11.6. The van der Waals surface area contributed by atoms with Gasteiger partial charge in [-0.15, -0.1) is 32.9 Å². The third kappa shape index (κ3) is 8.41. The van der Waals surface area contributed by atoms with Crippen LogP contribution in [-0.2, 0) is 9.59 Å². The van der Waals surface area contributed by atoms with Crippen LogP contribution in [0, 0.1) is 26.7 Å². The number of amides is 2. The molecule has 2 aliphatic rings. The number of aromatic nitrogens is 4. The first-order chi connectivity index (χ1) is 30.8. The SMILES string of the molecule is Cc1cc(-c2cc(C(C(=O)N3C[C@H](O)C[C@H]3C(=O)NC(C)c3ccc(-c4scnc4C)cc3)C(C)C)on2)ccc1N1CCC(c2sc3nnc(-c4ccccc4O)cc3c2C)CC1. The van der Waals surface area contributed by atoms with E-state index in [-0.39, 0.29) is 42.5 Å². The highest BCUT2D eigenvalue weighted by molar-refractivity contribution is 7.19. The van der Waals surface area contributed by atoms with Gasteiger partial charge in [0.2, 0.25) is 11.8 Å². The number of piperidine rings is 1. The van der Waals surface area contributed by atoms with Gasteiger partial charge in [-0.2, -0.15) is 0 Å². The summed E-state index contributed by atoms with van der Waals surface area (Å²) >= 11 is 3.33. The van der Waals surface area contributed by atoms with Crippen molar-refractivity contribution in [1.82, 2.24) is 30.6 Å². The molecule has 0 aliphatic carbocycles.